The monoisotopic (exact) mass is 1340 g/mol. The Morgan fingerprint density at radius 2 is 0.763 bits per heavy atom. The van der Waals surface area contributed by atoms with Crippen molar-refractivity contribution >= 4 is 36.6 Å². The zero-order valence-electron chi connectivity index (χ0n) is 56.2. The molecule has 0 N–H and O–H groups in total. The molecule has 3 fully saturated rings. The van der Waals surface area contributed by atoms with E-state index in [0.29, 0.717) is 0 Å². The second-order valence-electron chi connectivity index (χ2n) is 25.4. The molecule has 0 unspecified atom stereocenters. The molecule has 0 aliphatic carbocycles. The average molecular weight is 1340 g/mol. The van der Waals surface area contributed by atoms with Gasteiger partial charge in [0.05, 0.1) is 59.0 Å². The van der Waals surface area contributed by atoms with E-state index in [-0.39, 0.29) is 52.9 Å². The van der Waals surface area contributed by atoms with Crippen LogP contribution in [0.3, 0.4) is 0 Å². The highest BCUT2D eigenvalue weighted by molar-refractivity contribution is 6.99. The lowest BCUT2D eigenvalue weighted by Gasteiger charge is -2.52. The van der Waals surface area contributed by atoms with Crippen LogP contribution < -0.4 is 10.4 Å². The molecule has 19 heteroatoms. The first-order valence-electron chi connectivity index (χ1n) is 33.1. The third-order valence-electron chi connectivity index (χ3n) is 17.2. The fraction of sp³-hybridized carbons (Fsp3) is 0.397. The molecule has 3 saturated heterocycles. The number of carbonyl (C=O) groups excluding carboxylic acids is 3. The molecular formula is C78H90O18Si. The molecule has 3 aliphatic heterocycles. The Balaban J connectivity index is 1.16. The number of ether oxygens (including phenoxy) is 14. The number of carbonyl (C=O) groups is 3. The molecule has 15 atom stereocenters. The summed E-state index contributed by atoms with van der Waals surface area (Å²) in [5, 5.41) is 1.43. The van der Waals surface area contributed by atoms with Gasteiger partial charge in [0, 0.05) is 20.8 Å². The Labute approximate surface area is 570 Å². The highest BCUT2D eigenvalue weighted by Gasteiger charge is 2.60. The van der Waals surface area contributed by atoms with Gasteiger partial charge in [0.15, 0.2) is 37.2 Å². The van der Waals surface area contributed by atoms with Crippen LogP contribution in [0, 0.1) is 0 Å². The van der Waals surface area contributed by atoms with E-state index in [1.54, 1.807) is 6.08 Å². The summed E-state index contributed by atoms with van der Waals surface area (Å²) in [4.78, 5) is 40.4. The Hall–Kier alpha value is -7.57. The number of esters is 3. The first kappa shape index (κ1) is 72.2. The van der Waals surface area contributed by atoms with Gasteiger partial charge < -0.3 is 70.7 Å². The predicted octanol–water partition coefficient (Wildman–Crippen LogP) is 11.1. The zero-order chi connectivity index (χ0) is 68.2. The summed E-state index contributed by atoms with van der Waals surface area (Å²) in [5.41, 5.74) is 4.35. The minimum absolute atomic E-state index is 0.00146. The van der Waals surface area contributed by atoms with Crippen molar-refractivity contribution in [3.05, 3.63) is 253 Å². The zero-order valence-corrected chi connectivity index (χ0v) is 57.2. The molecule has 10 rings (SSSR count). The van der Waals surface area contributed by atoms with Crippen molar-refractivity contribution < 1.29 is 85.1 Å². The minimum atomic E-state index is -3.46. The molecule has 0 radical (unpaired) electrons. The topological polar surface area (TPSA) is 190 Å². The summed E-state index contributed by atoms with van der Waals surface area (Å²) in [5.74, 6) is -2.31. The van der Waals surface area contributed by atoms with Crippen molar-refractivity contribution in [2.75, 3.05) is 19.8 Å². The van der Waals surface area contributed by atoms with E-state index in [4.69, 9.17) is 70.7 Å². The normalized spacial score (nSPS) is 25.9. The minimum Gasteiger partial charge on any atom is -0.456 e. The standard InChI is InChI=1S/C78H90O18Si/c1-9-45-83-75-73(87-50-61-39-25-14-26-40-61)70(96-76-72(86-49-60-37-23-13-24-38-60)69(85-48-59-35-21-12-22-36-59)66(53(2)89-76)84-47-58-33-19-11-20-34-58)68(65(93-75)52-88-97(78(6,7)8,62-41-27-15-28-42-62)63-43-29-16-30-44-63)95-77-74(92-56(5)81)71(91-55(4)80)67(90-54(3)79)64(94-77)51-82-46-57-31-17-10-18-32-57/h9-44,53,64-77H,1,45-52H2,2-8H3/t53-,64+,65+,66+,67-,68+,69+,70-,71-,72-,73+,74+,75+,76-,77-/m0/s1. The highest BCUT2D eigenvalue weighted by Crippen LogP contribution is 2.42. The van der Waals surface area contributed by atoms with Crippen molar-refractivity contribution in [3.8, 4) is 0 Å². The summed E-state index contributed by atoms with van der Waals surface area (Å²) in [6.45, 7) is 16.3. The SMILES string of the molecule is C=CCO[C@@H]1O[C@H](CO[Si](c2ccccc2)(c2ccccc2)C(C)(C)C)[C@@H](O[C@@H]2O[C@H](COCc3ccccc3)[C@H](OC(C)=O)[C@H](OC(C)=O)[C@H]2OC(C)=O)[C@H](O[C@@H]2O[C@@H](C)[C@@H](OCc3ccccc3)[C@@H](OCc3ccccc3)[C@@H]2OCc2ccccc2)[C@H]1OCc1ccccc1. The van der Waals surface area contributed by atoms with Crippen LogP contribution in [0.5, 0.6) is 0 Å². The quantitative estimate of drug-likeness (QED) is 0.0172. The molecule has 0 bridgehead atoms. The second kappa shape index (κ2) is 35.3. The summed E-state index contributed by atoms with van der Waals surface area (Å²) in [6.07, 6.45) is -17.1. The van der Waals surface area contributed by atoms with Crippen molar-refractivity contribution in [3.63, 3.8) is 0 Å². The first-order valence-corrected chi connectivity index (χ1v) is 35.0. The van der Waals surface area contributed by atoms with Gasteiger partial charge in [-0.1, -0.05) is 239 Å². The molecule has 0 aromatic heterocycles. The van der Waals surface area contributed by atoms with Crippen molar-refractivity contribution in [1.29, 1.82) is 0 Å². The van der Waals surface area contributed by atoms with Crippen molar-refractivity contribution in [2.24, 2.45) is 0 Å². The largest absolute Gasteiger partial charge is 0.456 e. The summed E-state index contributed by atoms with van der Waals surface area (Å²) in [6, 6.07) is 68.9. The molecule has 18 nitrogen and oxygen atoms in total. The lowest BCUT2D eigenvalue weighted by Crippen LogP contribution is -2.70. The van der Waals surface area contributed by atoms with Crippen LogP contribution in [0.2, 0.25) is 5.04 Å². The Morgan fingerprint density at radius 1 is 0.402 bits per heavy atom. The van der Waals surface area contributed by atoms with E-state index in [1.807, 2.05) is 195 Å². The van der Waals surface area contributed by atoms with Crippen molar-refractivity contribution in [1.82, 2.24) is 0 Å². The predicted molar refractivity (Wildman–Crippen MR) is 364 cm³/mol. The lowest BCUT2D eigenvalue weighted by molar-refractivity contribution is -0.393. The number of hydrogen-bond acceptors (Lipinski definition) is 18. The second-order valence-corrected chi connectivity index (χ2v) is 29.7. The van der Waals surface area contributed by atoms with Crippen molar-refractivity contribution in [2.45, 2.75) is 179 Å². The molecule has 3 aliphatic rings. The molecular weight excluding hydrogens is 1250 g/mol. The lowest BCUT2D eigenvalue weighted by atomic mass is 9.95. The fourth-order valence-electron chi connectivity index (χ4n) is 12.8. The Bertz CT molecular complexity index is 3460. The van der Waals surface area contributed by atoms with E-state index in [9.17, 15) is 14.4 Å². The van der Waals surface area contributed by atoms with E-state index in [2.05, 4.69) is 51.6 Å². The van der Waals surface area contributed by atoms with Crippen LogP contribution >= 0.6 is 0 Å². The van der Waals surface area contributed by atoms with Crippen LogP contribution in [0.1, 0.15) is 76.3 Å². The third-order valence-corrected chi connectivity index (χ3v) is 22.2. The van der Waals surface area contributed by atoms with E-state index < -0.39 is 123 Å². The van der Waals surface area contributed by atoms with Crippen LogP contribution in [0.15, 0.2) is 225 Å². The molecule has 97 heavy (non-hydrogen) atoms. The van der Waals surface area contributed by atoms with Gasteiger partial charge in [0.1, 0.15) is 48.8 Å². The molecule has 7 aromatic rings. The van der Waals surface area contributed by atoms with Gasteiger partial charge >= 0.3 is 17.9 Å². The van der Waals surface area contributed by atoms with Gasteiger partial charge in [-0.15, -0.1) is 6.58 Å². The molecule has 514 valence electrons. The van der Waals surface area contributed by atoms with Gasteiger partial charge in [-0.3, -0.25) is 14.4 Å². The fourth-order valence-corrected chi connectivity index (χ4v) is 17.4. The third kappa shape index (κ3) is 19.2. The highest BCUT2D eigenvalue weighted by atomic mass is 28.4. The molecule has 3 heterocycles. The Morgan fingerprint density at radius 3 is 1.21 bits per heavy atom. The van der Waals surface area contributed by atoms with Gasteiger partial charge in [-0.05, 0) is 50.2 Å². The average Bonchev–Trinajstić information content (AvgIpc) is 0.754. The maximum Gasteiger partial charge on any atom is 0.303 e. The van der Waals surface area contributed by atoms with Gasteiger partial charge in [-0.25, -0.2) is 0 Å². The van der Waals surface area contributed by atoms with E-state index in [0.717, 1.165) is 38.2 Å². The van der Waals surface area contributed by atoms with Gasteiger partial charge in [0.25, 0.3) is 8.32 Å². The van der Waals surface area contributed by atoms with Crippen LogP contribution in [-0.4, -0.2) is 138 Å². The molecule has 0 saturated carbocycles. The maximum atomic E-state index is 13.7. The molecule has 7 aromatic carbocycles. The summed E-state index contributed by atoms with van der Waals surface area (Å²) < 4.78 is 105. The van der Waals surface area contributed by atoms with Gasteiger partial charge in [0.2, 0.25) is 0 Å². The van der Waals surface area contributed by atoms with Crippen LogP contribution in [0.25, 0.3) is 0 Å². The molecule has 0 amide bonds. The van der Waals surface area contributed by atoms with E-state index >= 15 is 0 Å². The van der Waals surface area contributed by atoms with Crippen LogP contribution in [-0.2, 0) is 118 Å². The number of benzene rings is 7. The number of rotatable bonds is 31. The summed E-state index contributed by atoms with van der Waals surface area (Å²) in [7, 11) is -3.46. The molecule has 0 spiro atoms. The first-order chi connectivity index (χ1) is 47.1. The maximum absolute atomic E-state index is 13.7. The van der Waals surface area contributed by atoms with Gasteiger partial charge in [-0.2, -0.15) is 0 Å². The van der Waals surface area contributed by atoms with Crippen LogP contribution in [0.4, 0.5) is 0 Å². The Kier molecular flexibility index (Phi) is 26.2. The smallest absolute Gasteiger partial charge is 0.303 e. The number of hydrogen-bond donors (Lipinski definition) is 0. The summed E-state index contributed by atoms with van der Waals surface area (Å²) >= 11 is 0. The van der Waals surface area contributed by atoms with E-state index in [1.165, 1.54) is 20.8 Å².